The van der Waals surface area contributed by atoms with Crippen LogP contribution in [0.4, 0.5) is 0 Å². The molecule has 0 radical (unpaired) electrons. The summed E-state index contributed by atoms with van der Waals surface area (Å²) in [5.41, 5.74) is 0.283. The molecule has 0 aromatic heterocycles. The van der Waals surface area contributed by atoms with Crippen LogP contribution in [-0.2, 0) is 9.59 Å². The first-order valence-corrected chi connectivity index (χ1v) is 12.7. The molecule has 0 unspecified atom stereocenters. The Hall–Kier alpha value is -1.32. The minimum Gasteiger partial charge on any atom is -0.481 e. The smallest absolute Gasteiger partial charge is 0.331 e. The van der Waals surface area contributed by atoms with Gasteiger partial charge in [0.2, 0.25) is 0 Å². The molecular formula is C27H44O4. The lowest BCUT2D eigenvalue weighted by molar-refractivity contribution is -0.140. The number of carboxylic acid groups (broad SMARTS) is 2. The van der Waals surface area contributed by atoms with Gasteiger partial charge < -0.3 is 10.2 Å². The molecule has 0 aliphatic heterocycles. The maximum atomic E-state index is 12.1. The van der Waals surface area contributed by atoms with E-state index in [4.69, 9.17) is 0 Å². The van der Waals surface area contributed by atoms with E-state index in [0.717, 1.165) is 37.0 Å². The van der Waals surface area contributed by atoms with E-state index in [1.807, 2.05) is 13.0 Å². The van der Waals surface area contributed by atoms with E-state index in [2.05, 4.69) is 27.7 Å². The largest absolute Gasteiger partial charge is 0.481 e. The molecule has 0 amide bonds. The average Bonchev–Trinajstić information content (AvgIpc) is 3.03. The van der Waals surface area contributed by atoms with Gasteiger partial charge in [0.05, 0.1) is 0 Å². The Morgan fingerprint density at radius 1 is 1.06 bits per heavy atom. The van der Waals surface area contributed by atoms with Crippen LogP contribution in [0.25, 0.3) is 0 Å². The molecule has 2 fully saturated rings. The third kappa shape index (κ3) is 4.59. The summed E-state index contributed by atoms with van der Waals surface area (Å²) in [4.78, 5) is 23.4. The fourth-order valence-electron chi connectivity index (χ4n) is 8.14. The van der Waals surface area contributed by atoms with Crippen LogP contribution in [0.3, 0.4) is 0 Å². The van der Waals surface area contributed by atoms with Crippen LogP contribution in [0.2, 0.25) is 0 Å². The van der Waals surface area contributed by atoms with Gasteiger partial charge in [0, 0.05) is 17.4 Å². The van der Waals surface area contributed by atoms with E-state index >= 15 is 0 Å². The highest BCUT2D eigenvalue weighted by Gasteiger charge is 2.59. The van der Waals surface area contributed by atoms with Gasteiger partial charge >= 0.3 is 11.9 Å². The molecule has 0 heterocycles. The van der Waals surface area contributed by atoms with E-state index in [1.165, 1.54) is 32.1 Å². The van der Waals surface area contributed by atoms with Gasteiger partial charge in [-0.2, -0.15) is 0 Å². The highest BCUT2D eigenvalue weighted by atomic mass is 16.4. The Kier molecular flexibility index (Phi) is 7.28. The minimum atomic E-state index is -0.859. The molecule has 2 N–H and O–H groups in total. The second-order valence-electron chi connectivity index (χ2n) is 11.9. The molecule has 0 spiro atoms. The lowest BCUT2D eigenvalue weighted by Gasteiger charge is -2.56. The zero-order chi connectivity index (χ0) is 23.0. The van der Waals surface area contributed by atoms with E-state index in [9.17, 15) is 19.8 Å². The standard InChI is InChI=1S/C27H44O4/c1-17(2)7-6-8-18(3)20-11-12-21-19-9-10-23(25(30)31)27(5,16-14-24(28)29)22(19)13-15-26(20,21)4/h10,17-22H,6-9,11-16H2,1-5H3,(H,28,29)(H,30,31)/t18-,19-,20-,21+,22+,26+,27+/m0/s1. The highest BCUT2D eigenvalue weighted by Crippen LogP contribution is 2.66. The first-order chi connectivity index (χ1) is 14.5. The van der Waals surface area contributed by atoms with Crippen LogP contribution in [-0.4, -0.2) is 22.2 Å². The summed E-state index contributed by atoms with van der Waals surface area (Å²) in [7, 11) is 0. The van der Waals surface area contributed by atoms with Crippen LogP contribution in [0.15, 0.2) is 11.6 Å². The number of carboxylic acids is 2. The van der Waals surface area contributed by atoms with Crippen LogP contribution >= 0.6 is 0 Å². The van der Waals surface area contributed by atoms with Crippen molar-refractivity contribution in [2.75, 3.05) is 0 Å². The van der Waals surface area contributed by atoms with Crippen molar-refractivity contribution in [3.05, 3.63) is 11.6 Å². The number of rotatable bonds is 9. The highest BCUT2D eigenvalue weighted by molar-refractivity contribution is 5.88. The van der Waals surface area contributed by atoms with Crippen molar-refractivity contribution >= 4 is 11.9 Å². The average molecular weight is 433 g/mol. The maximum absolute atomic E-state index is 12.1. The molecule has 7 atom stereocenters. The number of carbonyl (C=O) groups is 2. The lowest BCUT2D eigenvalue weighted by Crippen LogP contribution is -2.50. The molecule has 4 nitrogen and oxygen atoms in total. The van der Waals surface area contributed by atoms with Gasteiger partial charge in [-0.15, -0.1) is 0 Å². The number of fused-ring (bicyclic) bond motifs is 3. The summed E-state index contributed by atoms with van der Waals surface area (Å²) in [5.74, 6) is 2.02. The first kappa shape index (κ1) is 24.3. The van der Waals surface area contributed by atoms with Gasteiger partial charge in [0.1, 0.15) is 0 Å². The second kappa shape index (κ2) is 9.27. The van der Waals surface area contributed by atoms with Gasteiger partial charge in [-0.05, 0) is 79.4 Å². The third-order valence-corrected chi connectivity index (χ3v) is 9.75. The number of hydrogen-bond acceptors (Lipinski definition) is 2. The van der Waals surface area contributed by atoms with Crippen molar-refractivity contribution in [3.8, 4) is 0 Å². The molecular weight excluding hydrogens is 388 g/mol. The number of allylic oxidation sites excluding steroid dienone is 1. The SMILES string of the molecule is CC(C)CCC[C@H](C)[C@@H]1CC[C@@H]2[C@@H]3CC=C(C(=O)O)[C@](C)(CCC(=O)O)[C@@H]3CC[C@@]21C. The Morgan fingerprint density at radius 2 is 1.77 bits per heavy atom. The molecule has 4 heteroatoms. The molecule has 3 aliphatic carbocycles. The van der Waals surface area contributed by atoms with Gasteiger partial charge in [0.25, 0.3) is 0 Å². The van der Waals surface area contributed by atoms with Crippen LogP contribution < -0.4 is 0 Å². The van der Waals surface area contributed by atoms with E-state index < -0.39 is 17.4 Å². The summed E-state index contributed by atoms with van der Waals surface area (Å²) in [6, 6.07) is 0. The van der Waals surface area contributed by atoms with Crippen molar-refractivity contribution in [1.29, 1.82) is 0 Å². The molecule has 0 bridgehead atoms. The topological polar surface area (TPSA) is 74.6 Å². The summed E-state index contributed by atoms with van der Waals surface area (Å²) >= 11 is 0. The third-order valence-electron chi connectivity index (χ3n) is 9.75. The van der Waals surface area contributed by atoms with Gasteiger partial charge in [-0.3, -0.25) is 4.79 Å². The molecule has 0 aromatic rings. The lowest BCUT2D eigenvalue weighted by atomic mass is 9.48. The van der Waals surface area contributed by atoms with Crippen LogP contribution in [0.5, 0.6) is 0 Å². The summed E-state index contributed by atoms with van der Waals surface area (Å²) < 4.78 is 0. The fraction of sp³-hybridized carbons (Fsp3) is 0.852. The van der Waals surface area contributed by atoms with E-state index in [0.29, 0.717) is 29.2 Å². The fourth-order valence-corrected chi connectivity index (χ4v) is 8.14. The quantitative estimate of drug-likeness (QED) is 0.420. The Labute approximate surface area is 188 Å². The van der Waals surface area contributed by atoms with Crippen LogP contribution in [0.1, 0.15) is 98.8 Å². The Balaban J connectivity index is 1.80. The molecule has 0 aromatic carbocycles. The summed E-state index contributed by atoms with van der Waals surface area (Å²) in [6.07, 6.45) is 12.0. The molecule has 31 heavy (non-hydrogen) atoms. The number of aliphatic carboxylic acids is 2. The van der Waals surface area contributed by atoms with Crippen molar-refractivity contribution in [2.45, 2.75) is 98.8 Å². The number of hydrogen-bond donors (Lipinski definition) is 2. The van der Waals surface area contributed by atoms with Crippen molar-refractivity contribution in [1.82, 2.24) is 0 Å². The monoisotopic (exact) mass is 432 g/mol. The predicted molar refractivity (Wildman–Crippen MR) is 124 cm³/mol. The maximum Gasteiger partial charge on any atom is 0.331 e. The zero-order valence-corrected chi connectivity index (χ0v) is 20.3. The van der Waals surface area contributed by atoms with Gasteiger partial charge in [0.15, 0.2) is 0 Å². The summed E-state index contributed by atoms with van der Waals surface area (Å²) in [6.45, 7) is 11.6. The van der Waals surface area contributed by atoms with Crippen molar-refractivity contribution < 1.29 is 19.8 Å². The van der Waals surface area contributed by atoms with Gasteiger partial charge in [-0.25, -0.2) is 4.79 Å². The van der Waals surface area contributed by atoms with Crippen LogP contribution in [0, 0.1) is 46.3 Å². The molecule has 2 saturated carbocycles. The molecule has 3 aliphatic rings. The minimum absolute atomic E-state index is 0.0434. The van der Waals surface area contributed by atoms with E-state index in [-0.39, 0.29) is 12.3 Å². The predicted octanol–water partition coefficient (Wildman–Crippen LogP) is 6.79. The van der Waals surface area contributed by atoms with Crippen molar-refractivity contribution in [2.24, 2.45) is 46.3 Å². The second-order valence-corrected chi connectivity index (χ2v) is 11.9. The molecule has 0 saturated heterocycles. The Morgan fingerprint density at radius 3 is 2.39 bits per heavy atom. The van der Waals surface area contributed by atoms with Crippen molar-refractivity contribution in [3.63, 3.8) is 0 Å². The zero-order valence-electron chi connectivity index (χ0n) is 20.3. The summed E-state index contributed by atoms with van der Waals surface area (Å²) in [5, 5.41) is 19.2. The Bertz CT molecular complexity index is 710. The normalized spacial score (nSPS) is 38.3. The van der Waals surface area contributed by atoms with Gasteiger partial charge in [-0.1, -0.05) is 60.0 Å². The molecule has 176 valence electrons. The van der Waals surface area contributed by atoms with E-state index in [1.54, 1.807) is 0 Å². The molecule has 3 rings (SSSR count). The first-order valence-electron chi connectivity index (χ1n) is 12.7.